The molecule has 1 saturated heterocycles. The third kappa shape index (κ3) is 6.35. The Balaban J connectivity index is 2.42. The Morgan fingerprint density at radius 3 is 2.81 bits per heavy atom. The lowest BCUT2D eigenvalue weighted by Gasteiger charge is -2.33. The predicted molar refractivity (Wildman–Crippen MR) is 87.4 cm³/mol. The number of carbonyl (C=O) groups excluding carboxylic acids is 1. The molecular weight excluding hydrogens is 264 g/mol. The molecule has 1 aliphatic rings. The van der Waals surface area contributed by atoms with E-state index in [0.717, 1.165) is 38.3 Å². The molecular formula is C17H34N2O2. The molecule has 0 bridgehead atoms. The number of ether oxygens (including phenoxy) is 1. The van der Waals surface area contributed by atoms with Gasteiger partial charge < -0.3 is 15.0 Å². The van der Waals surface area contributed by atoms with Crippen LogP contribution in [0.2, 0.25) is 0 Å². The molecule has 4 heteroatoms. The normalized spacial score (nSPS) is 22.8. The Morgan fingerprint density at radius 2 is 2.19 bits per heavy atom. The lowest BCUT2D eigenvalue weighted by Crippen LogP contribution is -2.51. The smallest absolute Gasteiger partial charge is 0.326 e. The molecule has 2 unspecified atom stereocenters. The van der Waals surface area contributed by atoms with Crippen molar-refractivity contribution < 1.29 is 9.53 Å². The average Bonchev–Trinajstić information content (AvgIpc) is 2.45. The fraction of sp³-hybridized carbons (Fsp3) is 0.941. The van der Waals surface area contributed by atoms with Crippen molar-refractivity contribution in [1.29, 1.82) is 0 Å². The lowest BCUT2D eigenvalue weighted by atomic mass is 9.94. The second-order valence-corrected chi connectivity index (χ2v) is 6.63. The first kappa shape index (κ1) is 18.4. The third-order valence-electron chi connectivity index (χ3n) is 4.38. The fourth-order valence-corrected chi connectivity index (χ4v) is 3.10. The second-order valence-electron chi connectivity index (χ2n) is 6.63. The van der Waals surface area contributed by atoms with E-state index < -0.39 is 5.54 Å². The largest absolute Gasteiger partial charge is 0.465 e. The molecule has 4 nitrogen and oxygen atoms in total. The summed E-state index contributed by atoms with van der Waals surface area (Å²) >= 11 is 0. The Kier molecular flexibility index (Phi) is 8.27. The molecule has 0 spiro atoms. The van der Waals surface area contributed by atoms with Gasteiger partial charge in [0.05, 0.1) is 6.61 Å². The van der Waals surface area contributed by atoms with Crippen molar-refractivity contribution in [3.63, 3.8) is 0 Å². The summed E-state index contributed by atoms with van der Waals surface area (Å²) in [6, 6.07) is 0. The third-order valence-corrected chi connectivity index (χ3v) is 4.38. The highest BCUT2D eigenvalue weighted by atomic mass is 16.5. The van der Waals surface area contributed by atoms with Crippen molar-refractivity contribution in [2.24, 2.45) is 5.92 Å². The van der Waals surface area contributed by atoms with E-state index in [1.807, 2.05) is 13.8 Å². The second kappa shape index (κ2) is 9.42. The van der Waals surface area contributed by atoms with Gasteiger partial charge in [-0.25, -0.2) is 0 Å². The summed E-state index contributed by atoms with van der Waals surface area (Å²) in [4.78, 5) is 14.7. The van der Waals surface area contributed by atoms with Gasteiger partial charge in [-0.15, -0.1) is 0 Å². The van der Waals surface area contributed by atoms with Crippen LogP contribution in [0.5, 0.6) is 0 Å². The highest BCUT2D eigenvalue weighted by Gasteiger charge is 2.33. The fourth-order valence-electron chi connectivity index (χ4n) is 3.10. The van der Waals surface area contributed by atoms with E-state index in [9.17, 15) is 4.79 Å². The first-order valence-electron chi connectivity index (χ1n) is 8.66. The number of rotatable bonds is 9. The van der Waals surface area contributed by atoms with Crippen LogP contribution in [0.3, 0.4) is 0 Å². The van der Waals surface area contributed by atoms with E-state index in [1.54, 1.807) is 0 Å². The summed E-state index contributed by atoms with van der Waals surface area (Å²) in [6.07, 6.45) is 5.58. The molecule has 1 N–H and O–H groups in total. The zero-order chi connectivity index (χ0) is 15.7. The van der Waals surface area contributed by atoms with Crippen molar-refractivity contribution in [2.45, 2.75) is 65.3 Å². The molecule has 0 saturated carbocycles. The van der Waals surface area contributed by atoms with Gasteiger partial charge in [-0.05, 0) is 71.5 Å². The molecule has 2 atom stereocenters. The van der Waals surface area contributed by atoms with Gasteiger partial charge in [0, 0.05) is 6.54 Å². The monoisotopic (exact) mass is 298 g/mol. The molecule has 0 aromatic carbocycles. The van der Waals surface area contributed by atoms with Crippen LogP contribution in [-0.2, 0) is 9.53 Å². The van der Waals surface area contributed by atoms with Crippen molar-refractivity contribution in [3.8, 4) is 0 Å². The molecule has 1 aliphatic heterocycles. The van der Waals surface area contributed by atoms with E-state index in [2.05, 4.69) is 24.1 Å². The molecule has 0 aromatic rings. The number of hydrogen-bond acceptors (Lipinski definition) is 4. The van der Waals surface area contributed by atoms with E-state index in [1.165, 1.54) is 25.9 Å². The van der Waals surface area contributed by atoms with Crippen molar-refractivity contribution in [2.75, 3.05) is 32.8 Å². The maximum absolute atomic E-state index is 12.2. The van der Waals surface area contributed by atoms with E-state index in [0.29, 0.717) is 6.61 Å². The Hall–Kier alpha value is -0.610. The molecule has 0 aromatic heterocycles. The van der Waals surface area contributed by atoms with Gasteiger partial charge in [0.1, 0.15) is 5.54 Å². The molecule has 1 fully saturated rings. The minimum Gasteiger partial charge on any atom is -0.465 e. The molecule has 0 aliphatic carbocycles. The first-order valence-corrected chi connectivity index (χ1v) is 8.66. The van der Waals surface area contributed by atoms with Crippen molar-refractivity contribution in [1.82, 2.24) is 10.2 Å². The first-order chi connectivity index (χ1) is 10.0. The maximum atomic E-state index is 12.2. The van der Waals surface area contributed by atoms with Crippen LogP contribution in [0.1, 0.15) is 59.8 Å². The molecule has 124 valence electrons. The Morgan fingerprint density at radius 1 is 1.43 bits per heavy atom. The van der Waals surface area contributed by atoms with Crippen LogP contribution in [0.25, 0.3) is 0 Å². The number of piperidine rings is 1. The maximum Gasteiger partial charge on any atom is 0.326 e. The summed E-state index contributed by atoms with van der Waals surface area (Å²) < 4.78 is 5.25. The standard InChI is InChI=1S/C17H34N2O2/c1-5-11-18-17(4,16(20)21-6-2)10-8-13-19-12-7-9-15(3)14-19/h15,18H,5-14H2,1-4H3. The zero-order valence-electron chi connectivity index (χ0n) is 14.4. The molecule has 0 amide bonds. The minimum atomic E-state index is -0.534. The quantitative estimate of drug-likeness (QED) is 0.665. The summed E-state index contributed by atoms with van der Waals surface area (Å²) in [5.74, 6) is 0.707. The summed E-state index contributed by atoms with van der Waals surface area (Å²) in [6.45, 7) is 13.1. The SMILES string of the molecule is CCCNC(C)(CCCN1CCCC(C)C1)C(=O)OCC. The molecule has 1 rings (SSSR count). The van der Waals surface area contributed by atoms with Gasteiger partial charge >= 0.3 is 5.97 Å². The topological polar surface area (TPSA) is 41.6 Å². The summed E-state index contributed by atoms with van der Waals surface area (Å²) in [5.41, 5.74) is -0.534. The Labute approximate surface area is 130 Å². The lowest BCUT2D eigenvalue weighted by molar-refractivity contribution is -0.150. The van der Waals surface area contributed by atoms with Gasteiger partial charge in [0.25, 0.3) is 0 Å². The number of likely N-dealkylation sites (tertiary alicyclic amines) is 1. The molecule has 0 radical (unpaired) electrons. The summed E-state index contributed by atoms with van der Waals surface area (Å²) in [5, 5.41) is 3.38. The van der Waals surface area contributed by atoms with Gasteiger partial charge in [-0.3, -0.25) is 4.79 Å². The highest BCUT2D eigenvalue weighted by Crippen LogP contribution is 2.19. The van der Waals surface area contributed by atoms with Crippen LogP contribution >= 0.6 is 0 Å². The molecule has 21 heavy (non-hydrogen) atoms. The van der Waals surface area contributed by atoms with Crippen LogP contribution in [0, 0.1) is 5.92 Å². The minimum absolute atomic E-state index is 0.106. The number of hydrogen-bond donors (Lipinski definition) is 1. The highest BCUT2D eigenvalue weighted by molar-refractivity contribution is 5.80. The Bertz CT molecular complexity index is 309. The number of esters is 1. The van der Waals surface area contributed by atoms with Gasteiger partial charge in [0.2, 0.25) is 0 Å². The zero-order valence-corrected chi connectivity index (χ0v) is 14.4. The number of carbonyl (C=O) groups is 1. The van der Waals surface area contributed by atoms with E-state index in [4.69, 9.17) is 4.74 Å². The van der Waals surface area contributed by atoms with Crippen molar-refractivity contribution in [3.05, 3.63) is 0 Å². The van der Waals surface area contributed by atoms with Crippen molar-refractivity contribution >= 4 is 5.97 Å². The van der Waals surface area contributed by atoms with Crippen LogP contribution in [0.4, 0.5) is 0 Å². The summed E-state index contributed by atoms with van der Waals surface area (Å²) in [7, 11) is 0. The van der Waals surface area contributed by atoms with Crippen LogP contribution in [0.15, 0.2) is 0 Å². The van der Waals surface area contributed by atoms with Gasteiger partial charge in [-0.1, -0.05) is 13.8 Å². The number of nitrogens with zero attached hydrogens (tertiary/aromatic N) is 1. The van der Waals surface area contributed by atoms with Gasteiger partial charge in [0.15, 0.2) is 0 Å². The van der Waals surface area contributed by atoms with Crippen LogP contribution in [-0.4, -0.2) is 49.2 Å². The van der Waals surface area contributed by atoms with E-state index in [-0.39, 0.29) is 5.97 Å². The van der Waals surface area contributed by atoms with E-state index >= 15 is 0 Å². The van der Waals surface area contributed by atoms with Gasteiger partial charge in [-0.2, -0.15) is 0 Å². The van der Waals surface area contributed by atoms with Crippen LogP contribution < -0.4 is 5.32 Å². The number of nitrogens with one attached hydrogen (secondary N) is 1. The molecule has 1 heterocycles. The average molecular weight is 298 g/mol. The predicted octanol–water partition coefficient (Wildman–Crippen LogP) is 2.82.